The lowest BCUT2D eigenvalue weighted by atomic mass is 9.78. The first-order chi connectivity index (χ1) is 10.4. The van der Waals surface area contributed by atoms with Crippen molar-refractivity contribution < 1.29 is 9.90 Å². The highest BCUT2D eigenvalue weighted by atomic mass is 16.3. The zero-order valence-electron chi connectivity index (χ0n) is 14.7. The number of likely N-dealkylation sites (tertiary alicyclic amines) is 1. The smallest absolute Gasteiger partial charge is 0.237 e. The third kappa shape index (κ3) is 4.23. The van der Waals surface area contributed by atoms with Gasteiger partial charge in [0.1, 0.15) is 0 Å². The lowest BCUT2D eigenvalue weighted by Gasteiger charge is -2.39. The summed E-state index contributed by atoms with van der Waals surface area (Å²) in [7, 11) is 0. The molecule has 1 aliphatic heterocycles. The van der Waals surface area contributed by atoms with E-state index in [0.717, 1.165) is 32.4 Å². The third-order valence-electron chi connectivity index (χ3n) is 6.22. The molecule has 1 amide bonds. The predicted molar refractivity (Wildman–Crippen MR) is 89.5 cm³/mol. The van der Waals surface area contributed by atoms with Gasteiger partial charge >= 0.3 is 0 Å². The lowest BCUT2D eigenvalue weighted by Crippen LogP contribution is -2.53. The van der Waals surface area contributed by atoms with E-state index in [4.69, 9.17) is 0 Å². The molecule has 0 radical (unpaired) electrons. The maximum atomic E-state index is 12.6. The monoisotopic (exact) mass is 310 g/mol. The molecule has 2 N–H and O–H groups in total. The van der Waals surface area contributed by atoms with Crippen molar-refractivity contribution in [3.8, 4) is 0 Å². The van der Waals surface area contributed by atoms with E-state index in [-0.39, 0.29) is 18.1 Å². The molecule has 0 aromatic rings. The summed E-state index contributed by atoms with van der Waals surface area (Å²) in [5.41, 5.74) is 0. The number of aliphatic hydroxyl groups is 1. The highest BCUT2D eigenvalue weighted by Gasteiger charge is 2.32. The highest BCUT2D eigenvalue weighted by Crippen LogP contribution is 2.29. The average molecular weight is 310 g/mol. The number of hydrogen-bond donors (Lipinski definition) is 2. The molecule has 2 rings (SSSR count). The number of hydrogen-bond acceptors (Lipinski definition) is 3. The first-order valence-electron chi connectivity index (χ1n) is 9.12. The molecule has 1 saturated carbocycles. The quantitative estimate of drug-likeness (QED) is 0.838. The van der Waals surface area contributed by atoms with Crippen molar-refractivity contribution in [1.82, 2.24) is 10.2 Å². The van der Waals surface area contributed by atoms with Crippen LogP contribution < -0.4 is 5.32 Å². The molecule has 1 saturated heterocycles. The van der Waals surface area contributed by atoms with Crippen LogP contribution in [0.5, 0.6) is 0 Å². The molecule has 2 aliphatic rings. The van der Waals surface area contributed by atoms with E-state index in [1.165, 1.54) is 12.8 Å². The summed E-state index contributed by atoms with van der Waals surface area (Å²) >= 11 is 0. The van der Waals surface area contributed by atoms with Gasteiger partial charge in [0, 0.05) is 6.04 Å². The van der Waals surface area contributed by atoms with Gasteiger partial charge in [-0.05, 0) is 64.0 Å². The van der Waals surface area contributed by atoms with Gasteiger partial charge in [0.25, 0.3) is 0 Å². The van der Waals surface area contributed by atoms with Crippen molar-refractivity contribution in [2.75, 3.05) is 13.1 Å². The van der Waals surface area contributed by atoms with E-state index >= 15 is 0 Å². The summed E-state index contributed by atoms with van der Waals surface area (Å²) in [6.07, 6.45) is 5.39. The Kier molecular flexibility index (Phi) is 6.27. The Balaban J connectivity index is 1.82. The Bertz CT molecular complexity index is 364. The third-order valence-corrected chi connectivity index (χ3v) is 6.22. The van der Waals surface area contributed by atoms with Crippen LogP contribution in [0.25, 0.3) is 0 Å². The van der Waals surface area contributed by atoms with Gasteiger partial charge in [-0.25, -0.2) is 0 Å². The molecule has 4 heteroatoms. The maximum absolute atomic E-state index is 12.6. The van der Waals surface area contributed by atoms with E-state index in [0.29, 0.717) is 23.8 Å². The van der Waals surface area contributed by atoms with E-state index < -0.39 is 0 Å². The van der Waals surface area contributed by atoms with Crippen LogP contribution in [0.15, 0.2) is 0 Å². The molecule has 22 heavy (non-hydrogen) atoms. The second kappa shape index (κ2) is 7.78. The number of carbonyl (C=O) groups excluding carboxylic acids is 1. The van der Waals surface area contributed by atoms with Gasteiger partial charge < -0.3 is 10.4 Å². The van der Waals surface area contributed by atoms with Crippen LogP contribution in [0, 0.1) is 17.8 Å². The SMILES string of the molecule is CC(O)C1CCN(C(C)C(=O)NC2CCCC(C)C2C)CC1. The van der Waals surface area contributed by atoms with Crippen molar-refractivity contribution in [3.63, 3.8) is 0 Å². The molecule has 5 unspecified atom stereocenters. The first-order valence-corrected chi connectivity index (χ1v) is 9.12. The molecule has 1 heterocycles. The number of aliphatic hydroxyl groups excluding tert-OH is 1. The van der Waals surface area contributed by atoms with Crippen LogP contribution in [0.3, 0.4) is 0 Å². The van der Waals surface area contributed by atoms with E-state index in [2.05, 4.69) is 24.1 Å². The zero-order valence-corrected chi connectivity index (χ0v) is 14.7. The van der Waals surface area contributed by atoms with Gasteiger partial charge in [0.2, 0.25) is 5.91 Å². The minimum absolute atomic E-state index is 0.0561. The fourth-order valence-corrected chi connectivity index (χ4v) is 4.04. The van der Waals surface area contributed by atoms with Gasteiger partial charge in [0.15, 0.2) is 0 Å². The standard InChI is InChI=1S/C18H34N2O2/c1-12-6-5-7-17(13(12)2)19-18(22)14(3)20-10-8-16(9-11-20)15(4)21/h12-17,21H,5-11H2,1-4H3,(H,19,22). The average Bonchev–Trinajstić information content (AvgIpc) is 2.51. The number of nitrogens with one attached hydrogen (secondary N) is 1. The minimum Gasteiger partial charge on any atom is -0.393 e. The number of amides is 1. The summed E-state index contributed by atoms with van der Waals surface area (Å²) in [4.78, 5) is 14.8. The Morgan fingerprint density at radius 3 is 2.36 bits per heavy atom. The molecule has 5 atom stereocenters. The summed E-state index contributed by atoms with van der Waals surface area (Å²) in [5.74, 6) is 1.86. The van der Waals surface area contributed by atoms with E-state index in [9.17, 15) is 9.90 Å². The summed E-state index contributed by atoms with van der Waals surface area (Å²) in [5, 5.41) is 13.0. The van der Waals surface area contributed by atoms with Gasteiger partial charge in [-0.1, -0.05) is 26.7 Å². The zero-order chi connectivity index (χ0) is 16.3. The second-order valence-electron chi connectivity index (χ2n) is 7.67. The van der Waals surface area contributed by atoms with Crippen molar-refractivity contribution >= 4 is 5.91 Å². The molecule has 0 aromatic heterocycles. The molecular weight excluding hydrogens is 276 g/mol. The Morgan fingerprint density at radius 2 is 1.77 bits per heavy atom. The van der Waals surface area contributed by atoms with Crippen molar-refractivity contribution in [2.24, 2.45) is 17.8 Å². The number of carbonyl (C=O) groups is 1. The van der Waals surface area contributed by atoms with Crippen LogP contribution in [0.4, 0.5) is 0 Å². The fraction of sp³-hybridized carbons (Fsp3) is 0.944. The molecule has 0 spiro atoms. The summed E-state index contributed by atoms with van der Waals surface area (Å²) in [6, 6.07) is 0.285. The normalized spacial score (nSPS) is 34.1. The van der Waals surface area contributed by atoms with Crippen LogP contribution >= 0.6 is 0 Å². The molecule has 0 bridgehead atoms. The van der Waals surface area contributed by atoms with Gasteiger partial charge in [0.05, 0.1) is 12.1 Å². The molecule has 0 aromatic carbocycles. The minimum atomic E-state index is -0.226. The summed E-state index contributed by atoms with van der Waals surface area (Å²) in [6.45, 7) is 10.3. The largest absolute Gasteiger partial charge is 0.393 e. The lowest BCUT2D eigenvalue weighted by molar-refractivity contribution is -0.128. The molecule has 128 valence electrons. The van der Waals surface area contributed by atoms with Crippen LogP contribution in [0.1, 0.15) is 59.8 Å². The van der Waals surface area contributed by atoms with Crippen LogP contribution in [-0.2, 0) is 4.79 Å². The number of piperidine rings is 1. The Labute approximate surface area is 135 Å². The molecule has 2 fully saturated rings. The van der Waals surface area contributed by atoms with Gasteiger partial charge in [-0.15, -0.1) is 0 Å². The predicted octanol–water partition coefficient (Wildman–Crippen LogP) is 2.41. The van der Waals surface area contributed by atoms with Crippen LogP contribution in [0.2, 0.25) is 0 Å². The maximum Gasteiger partial charge on any atom is 0.237 e. The van der Waals surface area contributed by atoms with Crippen molar-refractivity contribution in [3.05, 3.63) is 0 Å². The van der Waals surface area contributed by atoms with Gasteiger partial charge in [-0.2, -0.15) is 0 Å². The summed E-state index contributed by atoms with van der Waals surface area (Å²) < 4.78 is 0. The number of rotatable bonds is 4. The molecule has 4 nitrogen and oxygen atoms in total. The molecule has 1 aliphatic carbocycles. The topological polar surface area (TPSA) is 52.6 Å². The highest BCUT2D eigenvalue weighted by molar-refractivity contribution is 5.81. The van der Waals surface area contributed by atoms with Crippen LogP contribution in [-0.4, -0.2) is 47.2 Å². The first kappa shape index (κ1) is 17.7. The van der Waals surface area contributed by atoms with Crippen molar-refractivity contribution in [2.45, 2.75) is 78.0 Å². The molecular formula is C18H34N2O2. The Morgan fingerprint density at radius 1 is 1.14 bits per heavy atom. The Hall–Kier alpha value is -0.610. The fourth-order valence-electron chi connectivity index (χ4n) is 4.04. The van der Waals surface area contributed by atoms with Crippen molar-refractivity contribution in [1.29, 1.82) is 0 Å². The second-order valence-corrected chi connectivity index (χ2v) is 7.67. The number of nitrogens with zero attached hydrogens (tertiary/aromatic N) is 1. The van der Waals surface area contributed by atoms with Gasteiger partial charge in [-0.3, -0.25) is 9.69 Å². The van der Waals surface area contributed by atoms with E-state index in [1.54, 1.807) is 0 Å². The van der Waals surface area contributed by atoms with E-state index in [1.807, 2.05) is 13.8 Å².